The molecule has 126 valence electrons. The van der Waals surface area contributed by atoms with Gasteiger partial charge < -0.3 is 19.9 Å². The average Bonchev–Trinajstić information content (AvgIpc) is 2.48. The minimum atomic E-state index is -0.707. The third kappa shape index (κ3) is 5.68. The van der Waals surface area contributed by atoms with Gasteiger partial charge in [0.25, 0.3) is 0 Å². The van der Waals surface area contributed by atoms with Crippen LogP contribution >= 0.6 is 12.2 Å². The summed E-state index contributed by atoms with van der Waals surface area (Å²) in [4.78, 5) is 10.2. The van der Waals surface area contributed by atoms with Crippen molar-refractivity contribution in [2.45, 2.75) is 13.0 Å². The highest BCUT2D eigenvalue weighted by atomic mass is 32.1. The first-order valence-electron chi connectivity index (χ1n) is 6.53. The summed E-state index contributed by atoms with van der Waals surface area (Å²) in [6.07, 6.45) is 1.32. The molecule has 0 aliphatic heterocycles. The first kappa shape index (κ1) is 18.6. The van der Waals surface area contributed by atoms with E-state index in [9.17, 15) is 15.2 Å². The predicted octanol–water partition coefficient (Wildman–Crippen LogP) is 1.14. The molecule has 0 unspecified atom stereocenters. The fourth-order valence-corrected chi connectivity index (χ4v) is 1.95. The Morgan fingerprint density at radius 3 is 2.83 bits per heavy atom. The van der Waals surface area contributed by atoms with E-state index < -0.39 is 16.4 Å². The largest absolute Gasteiger partial charge is 0.500 e. The summed E-state index contributed by atoms with van der Waals surface area (Å²) in [6, 6.07) is 2.59. The number of ether oxygens (including phenoxy) is 2. The van der Waals surface area contributed by atoms with E-state index in [2.05, 4.69) is 15.8 Å². The number of hydrazone groups is 1. The molecular formula is C13H18N4O5S. The van der Waals surface area contributed by atoms with E-state index in [4.69, 9.17) is 21.7 Å². The highest BCUT2D eigenvalue weighted by Crippen LogP contribution is 2.36. The quantitative estimate of drug-likeness (QED) is 0.292. The summed E-state index contributed by atoms with van der Waals surface area (Å²) >= 11 is 5.03. The lowest BCUT2D eigenvalue weighted by molar-refractivity contribution is -0.386. The molecule has 23 heavy (non-hydrogen) atoms. The summed E-state index contributed by atoms with van der Waals surface area (Å²) in [6.45, 7) is 2.36. The lowest BCUT2D eigenvalue weighted by atomic mass is 10.2. The van der Waals surface area contributed by atoms with Crippen LogP contribution in [0.5, 0.6) is 11.5 Å². The Labute approximate surface area is 138 Å². The summed E-state index contributed by atoms with van der Waals surface area (Å²) < 4.78 is 9.86. The maximum absolute atomic E-state index is 10.9. The van der Waals surface area contributed by atoms with Gasteiger partial charge in [-0.2, -0.15) is 5.10 Å². The Morgan fingerprint density at radius 1 is 1.57 bits per heavy atom. The van der Waals surface area contributed by atoms with Crippen molar-refractivity contribution in [1.29, 1.82) is 0 Å². The van der Waals surface area contributed by atoms with Crippen molar-refractivity contribution in [2.75, 3.05) is 20.8 Å². The normalized spacial score (nSPS) is 12.0. The van der Waals surface area contributed by atoms with E-state index in [1.54, 1.807) is 7.11 Å². The van der Waals surface area contributed by atoms with Crippen molar-refractivity contribution in [3.05, 3.63) is 27.8 Å². The SMILES string of the molecule is COC[C@@H](C)NC(=S)N/N=C/c1cc(OC)c(O)c([N+](=O)[O-])c1. The number of thiocarbonyl (C=S) groups is 1. The molecular weight excluding hydrogens is 324 g/mol. The number of nitrogens with zero attached hydrogens (tertiary/aromatic N) is 2. The summed E-state index contributed by atoms with van der Waals surface area (Å²) in [5.74, 6) is -0.553. The second-order valence-electron chi connectivity index (χ2n) is 4.55. The molecule has 0 radical (unpaired) electrons. The average molecular weight is 342 g/mol. The number of hydrogen-bond acceptors (Lipinski definition) is 7. The highest BCUT2D eigenvalue weighted by Gasteiger charge is 2.19. The Morgan fingerprint density at radius 2 is 2.26 bits per heavy atom. The minimum Gasteiger partial charge on any atom is -0.500 e. The molecule has 0 aliphatic rings. The maximum Gasteiger partial charge on any atom is 0.315 e. The van der Waals surface area contributed by atoms with E-state index in [0.717, 1.165) is 0 Å². The number of hydrogen-bond donors (Lipinski definition) is 3. The maximum atomic E-state index is 10.9. The standard InChI is InChI=1S/C13H18N4O5S/c1-8(7-21-2)15-13(23)16-14-6-9-4-10(17(19)20)12(18)11(5-9)22-3/h4-6,8,18H,7H2,1-3H3,(H2,15,16,23)/b14-6+/t8-/m1/s1. The van der Waals surface area contributed by atoms with Crippen molar-refractivity contribution in [2.24, 2.45) is 5.10 Å². The first-order chi connectivity index (χ1) is 10.9. The fourth-order valence-electron chi connectivity index (χ4n) is 1.70. The predicted molar refractivity (Wildman–Crippen MR) is 89.1 cm³/mol. The molecule has 0 aromatic heterocycles. The molecule has 0 saturated heterocycles. The molecule has 1 aromatic rings. The van der Waals surface area contributed by atoms with Crippen LogP contribution in [0.15, 0.2) is 17.2 Å². The van der Waals surface area contributed by atoms with E-state index in [0.29, 0.717) is 12.2 Å². The lowest BCUT2D eigenvalue weighted by Crippen LogP contribution is -2.40. The molecule has 0 fully saturated rings. The van der Waals surface area contributed by atoms with Gasteiger partial charge in [0.2, 0.25) is 5.75 Å². The number of phenols is 1. The van der Waals surface area contributed by atoms with Gasteiger partial charge in [-0.25, -0.2) is 0 Å². The van der Waals surface area contributed by atoms with Gasteiger partial charge in [0.1, 0.15) is 0 Å². The highest BCUT2D eigenvalue weighted by molar-refractivity contribution is 7.80. The Bertz CT molecular complexity index is 608. The van der Waals surface area contributed by atoms with Crippen molar-refractivity contribution in [1.82, 2.24) is 10.7 Å². The zero-order chi connectivity index (χ0) is 17.4. The van der Waals surface area contributed by atoms with Crippen molar-refractivity contribution < 1.29 is 19.5 Å². The van der Waals surface area contributed by atoms with Crippen LogP contribution in [0.25, 0.3) is 0 Å². The van der Waals surface area contributed by atoms with Crippen LogP contribution < -0.4 is 15.5 Å². The lowest BCUT2D eigenvalue weighted by Gasteiger charge is -2.13. The van der Waals surface area contributed by atoms with E-state index in [1.165, 1.54) is 25.5 Å². The third-order valence-corrected chi connectivity index (χ3v) is 2.88. The Kier molecular flexibility index (Phi) is 7.16. The minimum absolute atomic E-state index is 0.00468. The van der Waals surface area contributed by atoms with Crippen LogP contribution in [0, 0.1) is 10.1 Å². The smallest absolute Gasteiger partial charge is 0.315 e. The van der Waals surface area contributed by atoms with Gasteiger partial charge in [-0.15, -0.1) is 0 Å². The number of nitrogens with one attached hydrogen (secondary N) is 2. The second kappa shape index (κ2) is 8.86. The summed E-state index contributed by atoms with van der Waals surface area (Å²) in [7, 11) is 2.88. The summed E-state index contributed by atoms with van der Waals surface area (Å²) in [5, 5.41) is 27.7. The van der Waals surface area contributed by atoms with Gasteiger partial charge in [0.15, 0.2) is 10.9 Å². The molecule has 0 bridgehead atoms. The monoisotopic (exact) mass is 342 g/mol. The Hall–Kier alpha value is -2.46. The Balaban J connectivity index is 2.78. The topological polar surface area (TPSA) is 118 Å². The number of benzene rings is 1. The molecule has 0 spiro atoms. The molecule has 0 amide bonds. The molecule has 1 aromatic carbocycles. The number of nitro groups is 1. The summed E-state index contributed by atoms with van der Waals surface area (Å²) in [5.41, 5.74) is 2.48. The number of aromatic hydroxyl groups is 1. The molecule has 10 heteroatoms. The van der Waals surface area contributed by atoms with Crippen LogP contribution in [0.4, 0.5) is 5.69 Å². The number of methoxy groups -OCH3 is 2. The van der Waals surface area contributed by atoms with Crippen LogP contribution in [-0.2, 0) is 4.74 Å². The van der Waals surface area contributed by atoms with E-state index in [1.807, 2.05) is 6.92 Å². The third-order valence-electron chi connectivity index (χ3n) is 2.67. The van der Waals surface area contributed by atoms with Gasteiger partial charge >= 0.3 is 5.69 Å². The zero-order valence-electron chi connectivity index (χ0n) is 12.9. The molecule has 1 rings (SSSR count). The van der Waals surface area contributed by atoms with Gasteiger partial charge in [-0.3, -0.25) is 15.5 Å². The number of nitro benzene ring substituents is 1. The number of rotatable bonds is 7. The molecule has 1 atom stereocenters. The second-order valence-corrected chi connectivity index (χ2v) is 4.96. The fraction of sp³-hybridized carbons (Fsp3) is 0.385. The molecule has 0 aliphatic carbocycles. The zero-order valence-corrected chi connectivity index (χ0v) is 13.7. The van der Waals surface area contributed by atoms with Crippen LogP contribution in [-0.4, -0.2) is 48.2 Å². The van der Waals surface area contributed by atoms with Gasteiger partial charge in [-0.1, -0.05) is 0 Å². The first-order valence-corrected chi connectivity index (χ1v) is 6.93. The van der Waals surface area contributed by atoms with Gasteiger partial charge in [0.05, 0.1) is 24.9 Å². The van der Waals surface area contributed by atoms with E-state index >= 15 is 0 Å². The number of phenolic OH excluding ortho intramolecular Hbond substituents is 1. The van der Waals surface area contributed by atoms with Crippen LogP contribution in [0.1, 0.15) is 12.5 Å². The van der Waals surface area contributed by atoms with Crippen molar-refractivity contribution in [3.63, 3.8) is 0 Å². The van der Waals surface area contributed by atoms with Crippen LogP contribution in [0.3, 0.4) is 0 Å². The van der Waals surface area contributed by atoms with Crippen molar-refractivity contribution >= 4 is 29.2 Å². The molecule has 0 heterocycles. The molecule has 3 N–H and O–H groups in total. The van der Waals surface area contributed by atoms with Crippen molar-refractivity contribution in [3.8, 4) is 11.5 Å². The molecule has 9 nitrogen and oxygen atoms in total. The van der Waals surface area contributed by atoms with Crippen LogP contribution in [0.2, 0.25) is 0 Å². The van der Waals surface area contributed by atoms with Gasteiger partial charge in [0, 0.05) is 24.8 Å². The van der Waals surface area contributed by atoms with E-state index in [-0.39, 0.29) is 16.9 Å². The molecule has 0 saturated carbocycles. The van der Waals surface area contributed by atoms with Gasteiger partial charge in [-0.05, 0) is 25.2 Å².